The maximum atomic E-state index is 11.1. The van der Waals surface area contributed by atoms with Crippen LogP contribution in [-0.2, 0) is 28.1 Å². The molecule has 1 aromatic rings. The molecule has 0 bridgehead atoms. The lowest BCUT2D eigenvalue weighted by atomic mass is 9.74. The number of carboxylic acids is 1. The fourth-order valence-corrected chi connectivity index (χ4v) is 5.09. The Morgan fingerprint density at radius 3 is 2.56 bits per heavy atom. The molecule has 150 valence electrons. The molecule has 2 aliphatic carbocycles. The molecule has 0 radical (unpaired) electrons. The van der Waals surface area contributed by atoms with E-state index in [-0.39, 0.29) is 19.8 Å². The first-order valence-corrected chi connectivity index (χ1v) is 9.84. The van der Waals surface area contributed by atoms with E-state index in [4.69, 9.17) is 9.84 Å². The van der Waals surface area contributed by atoms with E-state index in [1.165, 1.54) is 22.3 Å². The summed E-state index contributed by atoms with van der Waals surface area (Å²) in [5.41, 5.74) is 4.46. The zero-order valence-electron chi connectivity index (χ0n) is 16.3. The summed E-state index contributed by atoms with van der Waals surface area (Å²) in [6.45, 7) is 6.01. The van der Waals surface area contributed by atoms with Crippen LogP contribution < -0.4 is 0 Å². The Labute approximate surface area is 160 Å². The van der Waals surface area contributed by atoms with Crippen molar-refractivity contribution in [2.75, 3.05) is 32.9 Å². The van der Waals surface area contributed by atoms with E-state index in [0.717, 1.165) is 19.3 Å². The van der Waals surface area contributed by atoms with Crippen LogP contribution in [0.3, 0.4) is 0 Å². The van der Waals surface area contributed by atoms with Gasteiger partial charge < -0.3 is 20.1 Å². The van der Waals surface area contributed by atoms with Crippen LogP contribution in [0.15, 0.2) is 12.1 Å². The van der Waals surface area contributed by atoms with Crippen LogP contribution in [0.25, 0.3) is 0 Å². The van der Waals surface area contributed by atoms with Gasteiger partial charge in [-0.15, -0.1) is 0 Å². The number of carbonyl (C=O) groups is 1. The first-order chi connectivity index (χ1) is 12.9. The van der Waals surface area contributed by atoms with E-state index in [9.17, 15) is 15.0 Å². The fraction of sp³-hybridized carbons (Fsp3) is 0.667. The Bertz CT molecular complexity index is 685. The Morgan fingerprint density at radius 1 is 1.22 bits per heavy atom. The summed E-state index contributed by atoms with van der Waals surface area (Å²) in [5.74, 6) is -0.168. The van der Waals surface area contributed by atoms with Gasteiger partial charge in [-0.25, -0.2) is 4.79 Å². The molecule has 3 atom stereocenters. The minimum absolute atomic E-state index is 0.0668. The highest BCUT2D eigenvalue weighted by molar-refractivity contribution is 5.68. The highest BCUT2D eigenvalue weighted by Gasteiger charge is 2.48. The second-order valence-corrected chi connectivity index (χ2v) is 8.24. The first-order valence-electron chi connectivity index (χ1n) is 9.84. The predicted molar refractivity (Wildman–Crippen MR) is 102 cm³/mol. The highest BCUT2D eigenvalue weighted by atomic mass is 16.5. The highest BCUT2D eigenvalue weighted by Crippen LogP contribution is 2.54. The number of aliphatic hydroxyl groups excluding tert-OH is 2. The van der Waals surface area contributed by atoms with Gasteiger partial charge in [0.1, 0.15) is 6.61 Å². The predicted octanol–water partition coefficient (Wildman–Crippen LogP) is 1.86. The summed E-state index contributed by atoms with van der Waals surface area (Å²) >= 11 is 0. The second-order valence-electron chi connectivity index (χ2n) is 8.24. The normalized spacial score (nSPS) is 26.4. The molecular formula is C21H31NO5. The number of carboxylic acid groups (broad SMARTS) is 1. The van der Waals surface area contributed by atoms with Gasteiger partial charge in [0.25, 0.3) is 0 Å². The summed E-state index contributed by atoms with van der Waals surface area (Å²) in [4.78, 5) is 13.2. The van der Waals surface area contributed by atoms with Gasteiger partial charge in [-0.1, -0.05) is 26.0 Å². The molecule has 6 heteroatoms. The number of aliphatic hydroxyl groups is 2. The van der Waals surface area contributed by atoms with Crippen molar-refractivity contribution >= 4 is 5.97 Å². The molecule has 0 fully saturated rings. The van der Waals surface area contributed by atoms with Gasteiger partial charge in [-0.2, -0.15) is 0 Å². The van der Waals surface area contributed by atoms with Crippen molar-refractivity contribution < 1.29 is 24.9 Å². The molecule has 3 N–H and O–H groups in total. The van der Waals surface area contributed by atoms with Crippen molar-refractivity contribution in [3.8, 4) is 0 Å². The monoisotopic (exact) mass is 377 g/mol. The minimum atomic E-state index is -0.925. The van der Waals surface area contributed by atoms with Gasteiger partial charge in [0.15, 0.2) is 0 Å². The van der Waals surface area contributed by atoms with Crippen LogP contribution in [-0.4, -0.2) is 59.1 Å². The lowest BCUT2D eigenvalue weighted by Crippen LogP contribution is -2.36. The molecule has 0 amide bonds. The summed E-state index contributed by atoms with van der Waals surface area (Å²) < 4.78 is 6.02. The number of benzene rings is 1. The van der Waals surface area contributed by atoms with Gasteiger partial charge in [0, 0.05) is 19.6 Å². The van der Waals surface area contributed by atoms with Crippen LogP contribution in [0.1, 0.15) is 54.9 Å². The molecule has 6 nitrogen and oxygen atoms in total. The largest absolute Gasteiger partial charge is 0.480 e. The number of nitrogens with zero attached hydrogens (tertiary/aromatic N) is 1. The van der Waals surface area contributed by atoms with Gasteiger partial charge in [0.05, 0.1) is 18.8 Å². The third-order valence-electron chi connectivity index (χ3n) is 5.89. The van der Waals surface area contributed by atoms with E-state index < -0.39 is 11.6 Å². The molecule has 0 aromatic heterocycles. The molecule has 0 saturated carbocycles. The summed E-state index contributed by atoms with van der Waals surface area (Å²) in [6.07, 6.45) is 2.67. The molecular weight excluding hydrogens is 346 g/mol. The van der Waals surface area contributed by atoms with E-state index in [2.05, 4.69) is 30.9 Å². The van der Waals surface area contributed by atoms with Crippen molar-refractivity contribution in [3.63, 3.8) is 0 Å². The lowest BCUT2D eigenvalue weighted by molar-refractivity contribution is -0.153. The maximum Gasteiger partial charge on any atom is 0.329 e. The zero-order chi connectivity index (χ0) is 19.6. The van der Waals surface area contributed by atoms with Gasteiger partial charge in [-0.3, -0.25) is 4.90 Å². The van der Waals surface area contributed by atoms with Crippen molar-refractivity contribution in [1.29, 1.82) is 0 Å². The number of hydrogen-bond acceptors (Lipinski definition) is 5. The number of rotatable bonds is 9. The van der Waals surface area contributed by atoms with Crippen LogP contribution in [0.2, 0.25) is 0 Å². The molecule has 0 spiro atoms. The van der Waals surface area contributed by atoms with Crippen molar-refractivity contribution in [2.24, 2.45) is 5.92 Å². The molecule has 2 aliphatic rings. The third kappa shape index (κ3) is 4.19. The first kappa shape index (κ1) is 20.3. The van der Waals surface area contributed by atoms with Crippen LogP contribution in [0.4, 0.5) is 0 Å². The summed E-state index contributed by atoms with van der Waals surface area (Å²) in [6, 6.07) is 4.43. The number of hydrogen-bond donors (Lipinski definition) is 3. The fourth-order valence-electron chi connectivity index (χ4n) is 5.09. The Kier molecular flexibility index (Phi) is 6.21. The molecule has 3 rings (SSSR count). The van der Waals surface area contributed by atoms with E-state index in [0.29, 0.717) is 31.5 Å². The van der Waals surface area contributed by atoms with E-state index in [1.54, 1.807) is 0 Å². The topological polar surface area (TPSA) is 90.2 Å². The number of aliphatic carboxylic acids is 1. The number of ether oxygens (including phenoxy) is 1. The van der Waals surface area contributed by atoms with Crippen molar-refractivity contribution in [2.45, 2.75) is 51.2 Å². The molecule has 0 heterocycles. The van der Waals surface area contributed by atoms with Crippen LogP contribution in [0.5, 0.6) is 0 Å². The molecule has 0 saturated heterocycles. The molecule has 27 heavy (non-hydrogen) atoms. The summed E-state index contributed by atoms with van der Waals surface area (Å²) in [7, 11) is 0. The molecule has 2 unspecified atom stereocenters. The summed E-state index contributed by atoms with van der Waals surface area (Å²) in [5, 5.41) is 27.7. The van der Waals surface area contributed by atoms with Gasteiger partial charge >= 0.3 is 5.97 Å². The quantitative estimate of drug-likeness (QED) is 0.609. The Morgan fingerprint density at radius 2 is 1.93 bits per heavy atom. The third-order valence-corrected chi connectivity index (χ3v) is 5.89. The van der Waals surface area contributed by atoms with Gasteiger partial charge in [0.2, 0.25) is 0 Å². The smallest absolute Gasteiger partial charge is 0.329 e. The Hall–Kier alpha value is -1.47. The lowest BCUT2D eigenvalue weighted by Gasteiger charge is -2.39. The molecule has 1 aromatic carbocycles. The van der Waals surface area contributed by atoms with Crippen LogP contribution in [0, 0.1) is 5.92 Å². The van der Waals surface area contributed by atoms with E-state index in [1.807, 2.05) is 0 Å². The average Bonchev–Trinajstić information content (AvgIpc) is 2.86. The average molecular weight is 377 g/mol. The van der Waals surface area contributed by atoms with Crippen molar-refractivity contribution in [3.05, 3.63) is 34.4 Å². The van der Waals surface area contributed by atoms with Gasteiger partial charge in [-0.05, 0) is 53.4 Å². The standard InChI is InChI=1S/C21H31NO5/c1-14-7-17-8-16(12-22(3-5-23)4-6-24)9-18-15(2)11-21(10-14,20(17)18)27-13-19(25)26/h8-9,14-15,23-24H,3-7,10-13H2,1-2H3,(H,25,26)/t14-,15?,21?/m0/s1. The van der Waals surface area contributed by atoms with E-state index >= 15 is 0 Å². The SMILES string of the molecule is CC1CC2(OCC(=O)O)C[C@@H](C)Cc3cc(CN(CCO)CCO)cc1c32. The van der Waals surface area contributed by atoms with Crippen molar-refractivity contribution in [1.82, 2.24) is 4.90 Å². The second kappa shape index (κ2) is 8.27. The minimum Gasteiger partial charge on any atom is -0.480 e. The van der Waals surface area contributed by atoms with Crippen LogP contribution >= 0.6 is 0 Å². The molecule has 0 aliphatic heterocycles. The zero-order valence-corrected chi connectivity index (χ0v) is 16.3. The maximum absolute atomic E-state index is 11.1. The Balaban J connectivity index is 1.95.